The van der Waals surface area contributed by atoms with Gasteiger partial charge in [0.2, 0.25) is 0 Å². The molecule has 2 aromatic carbocycles. The fourth-order valence-electron chi connectivity index (χ4n) is 2.22. The first-order valence-corrected chi connectivity index (χ1v) is 6.98. The quantitative estimate of drug-likeness (QED) is 0.887. The molecule has 6 heteroatoms. The molecule has 0 amide bonds. The van der Waals surface area contributed by atoms with Crippen molar-refractivity contribution in [3.63, 3.8) is 0 Å². The molecule has 2 unspecified atom stereocenters. The first-order valence-electron chi connectivity index (χ1n) is 6.22. The van der Waals surface area contributed by atoms with Gasteiger partial charge < -0.3 is 10.8 Å². The summed E-state index contributed by atoms with van der Waals surface area (Å²) in [6.45, 7) is -0.00280. The van der Waals surface area contributed by atoms with E-state index in [4.69, 9.17) is 28.9 Å². The van der Waals surface area contributed by atoms with E-state index in [1.807, 2.05) is 0 Å². The second-order valence-corrected chi connectivity index (χ2v) is 5.40. The summed E-state index contributed by atoms with van der Waals surface area (Å²) in [5.74, 6) is -1.84. The SMILES string of the molecule is NCC(c1ccc(F)cc1Cl)C(O)c1c(F)cccc1Cl. The van der Waals surface area contributed by atoms with Crippen molar-refractivity contribution in [3.05, 3.63) is 69.2 Å². The number of aliphatic hydroxyl groups excluding tert-OH is 1. The fraction of sp³-hybridized carbons (Fsp3) is 0.200. The first kappa shape index (κ1) is 16.2. The van der Waals surface area contributed by atoms with Crippen LogP contribution in [0.5, 0.6) is 0 Å². The predicted molar refractivity (Wildman–Crippen MR) is 79.6 cm³/mol. The Balaban J connectivity index is 2.46. The van der Waals surface area contributed by atoms with Crippen molar-refractivity contribution in [2.24, 2.45) is 5.73 Å². The molecule has 3 N–H and O–H groups in total. The van der Waals surface area contributed by atoms with E-state index in [0.29, 0.717) is 5.56 Å². The van der Waals surface area contributed by atoms with Crippen LogP contribution in [-0.2, 0) is 0 Å². The Labute approximate surface area is 131 Å². The van der Waals surface area contributed by atoms with Crippen molar-refractivity contribution in [2.45, 2.75) is 12.0 Å². The zero-order chi connectivity index (χ0) is 15.6. The van der Waals surface area contributed by atoms with Gasteiger partial charge in [0.05, 0.1) is 6.10 Å². The zero-order valence-electron chi connectivity index (χ0n) is 10.9. The van der Waals surface area contributed by atoms with E-state index in [9.17, 15) is 13.9 Å². The van der Waals surface area contributed by atoms with E-state index in [0.717, 1.165) is 6.07 Å². The van der Waals surface area contributed by atoms with E-state index >= 15 is 0 Å². The summed E-state index contributed by atoms with van der Waals surface area (Å²) in [4.78, 5) is 0. The molecule has 2 aromatic rings. The van der Waals surface area contributed by atoms with Gasteiger partial charge in [-0.2, -0.15) is 0 Å². The van der Waals surface area contributed by atoms with Crippen LogP contribution in [0.25, 0.3) is 0 Å². The van der Waals surface area contributed by atoms with Crippen molar-refractivity contribution < 1.29 is 13.9 Å². The van der Waals surface area contributed by atoms with Crippen molar-refractivity contribution >= 4 is 23.2 Å². The van der Waals surface area contributed by atoms with Crippen LogP contribution in [0.1, 0.15) is 23.1 Å². The van der Waals surface area contributed by atoms with Gasteiger partial charge in [-0.05, 0) is 29.8 Å². The molecule has 0 heterocycles. The molecule has 112 valence electrons. The number of nitrogens with two attached hydrogens (primary N) is 1. The molecule has 0 fully saturated rings. The highest BCUT2D eigenvalue weighted by atomic mass is 35.5. The maximum absolute atomic E-state index is 13.9. The summed E-state index contributed by atoms with van der Waals surface area (Å²) in [5.41, 5.74) is 6.06. The lowest BCUT2D eigenvalue weighted by atomic mass is 9.89. The van der Waals surface area contributed by atoms with Gasteiger partial charge >= 0.3 is 0 Å². The average molecular weight is 332 g/mol. The van der Waals surface area contributed by atoms with Crippen LogP contribution in [0, 0.1) is 11.6 Å². The number of hydrogen-bond acceptors (Lipinski definition) is 2. The van der Waals surface area contributed by atoms with Gasteiger partial charge in [0.1, 0.15) is 11.6 Å². The number of rotatable bonds is 4. The molecule has 0 saturated heterocycles. The first-order chi connectivity index (χ1) is 9.95. The molecular weight excluding hydrogens is 319 g/mol. The predicted octanol–water partition coefficient (Wildman–Crippen LogP) is 4.05. The average Bonchev–Trinajstić information content (AvgIpc) is 2.41. The topological polar surface area (TPSA) is 46.2 Å². The van der Waals surface area contributed by atoms with Crippen LogP contribution in [-0.4, -0.2) is 11.7 Å². The lowest BCUT2D eigenvalue weighted by molar-refractivity contribution is 0.143. The zero-order valence-corrected chi connectivity index (χ0v) is 12.4. The van der Waals surface area contributed by atoms with Crippen LogP contribution in [0.4, 0.5) is 8.78 Å². The molecule has 0 radical (unpaired) electrons. The largest absolute Gasteiger partial charge is 0.388 e. The minimum Gasteiger partial charge on any atom is -0.388 e. The minimum absolute atomic E-state index is 0.00280. The molecule has 0 aliphatic heterocycles. The van der Waals surface area contributed by atoms with Crippen molar-refractivity contribution in [1.82, 2.24) is 0 Å². The summed E-state index contributed by atoms with van der Waals surface area (Å²) in [5, 5.41) is 10.7. The Morgan fingerprint density at radius 1 is 1.10 bits per heavy atom. The highest BCUT2D eigenvalue weighted by Crippen LogP contribution is 2.38. The third-order valence-corrected chi connectivity index (χ3v) is 3.95. The smallest absolute Gasteiger partial charge is 0.130 e. The summed E-state index contributed by atoms with van der Waals surface area (Å²) in [6, 6.07) is 7.87. The van der Waals surface area contributed by atoms with Gasteiger partial charge in [0.15, 0.2) is 0 Å². The normalized spacial score (nSPS) is 14.0. The number of aliphatic hydroxyl groups is 1. The Morgan fingerprint density at radius 2 is 1.81 bits per heavy atom. The van der Waals surface area contributed by atoms with E-state index in [-0.39, 0.29) is 22.2 Å². The molecule has 2 nitrogen and oxygen atoms in total. The van der Waals surface area contributed by atoms with Crippen LogP contribution < -0.4 is 5.73 Å². The fourth-order valence-corrected chi connectivity index (χ4v) is 2.80. The molecule has 2 rings (SSSR count). The number of benzene rings is 2. The van der Waals surface area contributed by atoms with E-state index in [1.165, 1.54) is 30.3 Å². The van der Waals surface area contributed by atoms with Gasteiger partial charge in [-0.1, -0.05) is 35.3 Å². The molecule has 2 atom stereocenters. The summed E-state index contributed by atoms with van der Waals surface area (Å²) >= 11 is 11.9. The van der Waals surface area contributed by atoms with Gasteiger partial charge in [-0.15, -0.1) is 0 Å². The monoisotopic (exact) mass is 331 g/mol. The molecule has 0 saturated carbocycles. The third kappa shape index (κ3) is 3.35. The van der Waals surface area contributed by atoms with Crippen LogP contribution in [0.3, 0.4) is 0 Å². The molecule has 0 aromatic heterocycles. The van der Waals surface area contributed by atoms with Crippen LogP contribution >= 0.6 is 23.2 Å². The summed E-state index contributed by atoms with van der Waals surface area (Å²) in [7, 11) is 0. The lowest BCUT2D eigenvalue weighted by Crippen LogP contribution is -2.21. The van der Waals surface area contributed by atoms with Crippen molar-refractivity contribution in [2.75, 3.05) is 6.54 Å². The molecule has 0 aliphatic carbocycles. The molecule has 0 spiro atoms. The summed E-state index contributed by atoms with van der Waals surface area (Å²) in [6.07, 6.45) is -1.29. The van der Waals surface area contributed by atoms with Crippen molar-refractivity contribution in [3.8, 4) is 0 Å². The van der Waals surface area contributed by atoms with Gasteiger partial charge in [0.25, 0.3) is 0 Å². The highest BCUT2D eigenvalue weighted by Gasteiger charge is 2.27. The van der Waals surface area contributed by atoms with E-state index < -0.39 is 23.7 Å². The molecule has 21 heavy (non-hydrogen) atoms. The summed E-state index contributed by atoms with van der Waals surface area (Å²) < 4.78 is 27.0. The second kappa shape index (κ2) is 6.71. The van der Waals surface area contributed by atoms with Crippen LogP contribution in [0.15, 0.2) is 36.4 Å². The second-order valence-electron chi connectivity index (χ2n) is 4.59. The highest BCUT2D eigenvalue weighted by molar-refractivity contribution is 6.31. The Bertz CT molecular complexity index is 631. The Morgan fingerprint density at radius 3 is 2.38 bits per heavy atom. The molecular formula is C15H13Cl2F2NO. The maximum atomic E-state index is 13.9. The Hall–Kier alpha value is -1.20. The van der Waals surface area contributed by atoms with Gasteiger partial charge in [0, 0.05) is 28.1 Å². The number of halogens is 4. The van der Waals surface area contributed by atoms with Crippen molar-refractivity contribution in [1.29, 1.82) is 0 Å². The standard InChI is InChI=1S/C15H13Cl2F2NO/c16-11-2-1-3-13(19)14(11)15(21)10(7-20)9-5-4-8(18)6-12(9)17/h1-6,10,15,21H,7,20H2. The minimum atomic E-state index is -1.29. The van der Waals surface area contributed by atoms with Gasteiger partial charge in [-0.3, -0.25) is 0 Å². The van der Waals surface area contributed by atoms with Crippen LogP contribution in [0.2, 0.25) is 10.0 Å². The van der Waals surface area contributed by atoms with E-state index in [1.54, 1.807) is 0 Å². The molecule has 0 aliphatic rings. The van der Waals surface area contributed by atoms with E-state index in [2.05, 4.69) is 0 Å². The third-order valence-electron chi connectivity index (χ3n) is 3.29. The van der Waals surface area contributed by atoms with Gasteiger partial charge in [-0.25, -0.2) is 8.78 Å². The Kier molecular flexibility index (Phi) is 5.17. The molecule has 0 bridgehead atoms. The maximum Gasteiger partial charge on any atom is 0.130 e. The number of hydrogen-bond donors (Lipinski definition) is 2. The lowest BCUT2D eigenvalue weighted by Gasteiger charge is -2.24.